The highest BCUT2D eigenvalue weighted by atomic mass is 32.2. The zero-order chi connectivity index (χ0) is 23.9. The molecule has 3 aromatic rings. The van der Waals surface area contributed by atoms with Gasteiger partial charge in [-0.15, -0.1) is 0 Å². The van der Waals surface area contributed by atoms with Crippen molar-refractivity contribution in [3.8, 4) is 0 Å². The van der Waals surface area contributed by atoms with Crippen molar-refractivity contribution >= 4 is 26.9 Å². The van der Waals surface area contributed by atoms with E-state index in [0.29, 0.717) is 16.5 Å². The molecule has 2 aliphatic rings. The van der Waals surface area contributed by atoms with Gasteiger partial charge in [0.2, 0.25) is 10.0 Å². The molecule has 1 saturated carbocycles. The molecule has 0 saturated heterocycles. The molecule has 0 spiro atoms. The molecule has 5 rings (SSSR count). The van der Waals surface area contributed by atoms with E-state index in [0.717, 1.165) is 50.5 Å². The minimum Gasteiger partial charge on any atom is -0.451 e. The number of furan rings is 1. The summed E-state index contributed by atoms with van der Waals surface area (Å²) in [6.45, 7) is 1.82. The fourth-order valence-electron chi connectivity index (χ4n) is 5.51. The number of carbonyl (C=O) groups is 1. The third-order valence-electron chi connectivity index (χ3n) is 7.55. The largest absolute Gasteiger partial charge is 0.451 e. The van der Waals surface area contributed by atoms with Gasteiger partial charge < -0.3 is 9.73 Å². The van der Waals surface area contributed by atoms with Gasteiger partial charge in [-0.05, 0) is 68.4 Å². The van der Waals surface area contributed by atoms with Crippen molar-refractivity contribution in [1.29, 1.82) is 0 Å². The summed E-state index contributed by atoms with van der Waals surface area (Å²) in [6.07, 6.45) is 8.03. The number of fused-ring (bicyclic) bond motifs is 2. The zero-order valence-corrected chi connectivity index (χ0v) is 20.7. The van der Waals surface area contributed by atoms with E-state index in [4.69, 9.17) is 4.42 Å². The fraction of sp³-hybridized carbons (Fsp3) is 0.444. The summed E-state index contributed by atoms with van der Waals surface area (Å²) in [4.78, 5) is 13.4. The van der Waals surface area contributed by atoms with Crippen LogP contribution in [0.1, 0.15) is 78.2 Å². The van der Waals surface area contributed by atoms with E-state index >= 15 is 0 Å². The highest BCUT2D eigenvalue weighted by Gasteiger charge is 2.30. The Labute approximate surface area is 201 Å². The lowest BCUT2D eigenvalue weighted by Crippen LogP contribution is -2.38. The van der Waals surface area contributed by atoms with Crippen molar-refractivity contribution in [2.75, 3.05) is 7.05 Å². The van der Waals surface area contributed by atoms with Crippen LogP contribution >= 0.6 is 0 Å². The van der Waals surface area contributed by atoms with Crippen LogP contribution in [0, 0.1) is 6.92 Å². The number of nitrogens with zero attached hydrogens (tertiary/aromatic N) is 1. The third kappa shape index (κ3) is 4.16. The van der Waals surface area contributed by atoms with Crippen LogP contribution < -0.4 is 5.32 Å². The Kier molecular flexibility index (Phi) is 6.25. The van der Waals surface area contributed by atoms with Crippen molar-refractivity contribution in [3.05, 3.63) is 64.9 Å². The third-order valence-corrected chi connectivity index (χ3v) is 9.46. The van der Waals surface area contributed by atoms with Crippen molar-refractivity contribution in [2.45, 2.75) is 75.3 Å². The first-order valence-corrected chi connectivity index (χ1v) is 13.7. The zero-order valence-electron chi connectivity index (χ0n) is 19.8. The molecule has 1 atom stereocenters. The first-order valence-electron chi connectivity index (χ1n) is 12.3. The Hall–Kier alpha value is -2.64. The quantitative estimate of drug-likeness (QED) is 0.523. The number of aryl methyl sites for hydroxylation is 2. The van der Waals surface area contributed by atoms with Gasteiger partial charge in [0.25, 0.3) is 5.91 Å². The molecular formula is C27H32N2O4S. The maximum atomic E-state index is 13.3. The molecular weight excluding hydrogens is 448 g/mol. The van der Waals surface area contributed by atoms with Gasteiger partial charge in [-0.1, -0.05) is 43.5 Å². The van der Waals surface area contributed by atoms with Crippen LogP contribution in [0.2, 0.25) is 0 Å². The monoisotopic (exact) mass is 480 g/mol. The van der Waals surface area contributed by atoms with Crippen molar-refractivity contribution in [3.63, 3.8) is 0 Å². The van der Waals surface area contributed by atoms with Gasteiger partial charge >= 0.3 is 0 Å². The van der Waals surface area contributed by atoms with E-state index in [9.17, 15) is 13.2 Å². The molecule has 180 valence electrons. The van der Waals surface area contributed by atoms with Crippen LogP contribution in [0.5, 0.6) is 0 Å². The maximum Gasteiger partial charge on any atom is 0.287 e. The first kappa shape index (κ1) is 23.1. The lowest BCUT2D eigenvalue weighted by Gasteiger charge is -2.30. The first-order chi connectivity index (χ1) is 16.4. The van der Waals surface area contributed by atoms with Crippen LogP contribution in [-0.4, -0.2) is 31.7 Å². The molecule has 34 heavy (non-hydrogen) atoms. The van der Waals surface area contributed by atoms with Gasteiger partial charge in [0.15, 0.2) is 5.76 Å². The van der Waals surface area contributed by atoms with Crippen LogP contribution in [0.15, 0.2) is 51.8 Å². The fourth-order valence-corrected chi connectivity index (χ4v) is 6.95. The molecule has 2 aliphatic carbocycles. The molecule has 1 aromatic heterocycles. The average Bonchev–Trinajstić information content (AvgIpc) is 3.20. The summed E-state index contributed by atoms with van der Waals surface area (Å²) < 4.78 is 34.1. The number of rotatable bonds is 5. The Morgan fingerprint density at radius 2 is 1.79 bits per heavy atom. The molecule has 1 fully saturated rings. The number of hydrogen-bond donors (Lipinski definition) is 1. The molecule has 0 aliphatic heterocycles. The van der Waals surface area contributed by atoms with Crippen LogP contribution in [0.25, 0.3) is 11.0 Å². The Bertz CT molecular complexity index is 1320. The van der Waals surface area contributed by atoms with E-state index in [1.165, 1.54) is 16.3 Å². The summed E-state index contributed by atoms with van der Waals surface area (Å²) in [5, 5.41) is 3.80. The number of sulfonamides is 1. The molecule has 1 heterocycles. The molecule has 1 amide bonds. The average molecular weight is 481 g/mol. The van der Waals surface area contributed by atoms with Gasteiger partial charge in [0.05, 0.1) is 10.9 Å². The summed E-state index contributed by atoms with van der Waals surface area (Å²) in [7, 11) is -1.94. The lowest BCUT2D eigenvalue weighted by molar-refractivity contribution is 0.0906. The maximum absolute atomic E-state index is 13.3. The Morgan fingerprint density at radius 3 is 2.59 bits per heavy atom. The second-order valence-corrected chi connectivity index (χ2v) is 11.6. The normalized spacial score (nSPS) is 19.3. The van der Waals surface area contributed by atoms with E-state index in [-0.39, 0.29) is 28.6 Å². The van der Waals surface area contributed by atoms with Crippen LogP contribution in [0.4, 0.5) is 0 Å². The highest BCUT2D eigenvalue weighted by Crippen LogP contribution is 2.33. The second-order valence-electron chi connectivity index (χ2n) is 9.64. The van der Waals surface area contributed by atoms with E-state index in [1.54, 1.807) is 25.2 Å². The Balaban J connectivity index is 1.41. The highest BCUT2D eigenvalue weighted by molar-refractivity contribution is 7.89. The van der Waals surface area contributed by atoms with Gasteiger partial charge in [-0.3, -0.25) is 4.79 Å². The van der Waals surface area contributed by atoms with Crippen LogP contribution in [0.3, 0.4) is 0 Å². The van der Waals surface area contributed by atoms with Crippen LogP contribution in [-0.2, 0) is 16.4 Å². The number of hydrogen-bond acceptors (Lipinski definition) is 4. The molecule has 7 heteroatoms. The van der Waals surface area contributed by atoms with E-state index in [1.807, 2.05) is 19.1 Å². The smallest absolute Gasteiger partial charge is 0.287 e. The van der Waals surface area contributed by atoms with Gasteiger partial charge in [-0.25, -0.2) is 8.42 Å². The molecule has 0 bridgehead atoms. The van der Waals surface area contributed by atoms with Gasteiger partial charge in [0.1, 0.15) is 5.58 Å². The topological polar surface area (TPSA) is 79.6 Å². The van der Waals surface area contributed by atoms with Crippen molar-refractivity contribution in [2.24, 2.45) is 0 Å². The molecule has 1 N–H and O–H groups in total. The number of nitrogens with one attached hydrogen (secondary N) is 1. The number of amides is 1. The van der Waals surface area contributed by atoms with Crippen molar-refractivity contribution < 1.29 is 17.6 Å². The minimum absolute atomic E-state index is 0.0413. The number of benzene rings is 2. The minimum atomic E-state index is -3.62. The molecule has 0 radical (unpaired) electrons. The summed E-state index contributed by atoms with van der Waals surface area (Å²) in [6, 6.07) is 13.1. The molecule has 6 nitrogen and oxygen atoms in total. The second kappa shape index (κ2) is 9.19. The lowest BCUT2D eigenvalue weighted by atomic mass is 9.87. The molecule has 1 unspecified atom stereocenters. The SMILES string of the molecule is Cc1c(C(=O)NC2CCCc3ccccc32)oc2ccc(S(=O)(=O)N(C)C3CCCCC3)cc12. The molecule has 2 aromatic carbocycles. The standard InChI is InChI=1S/C27H32N2O4S/c1-18-23-17-21(34(31,32)29(2)20-11-4-3-5-12-20)15-16-25(23)33-26(18)27(30)28-24-14-8-10-19-9-6-7-13-22(19)24/h6-7,9,13,15-17,20,24H,3-5,8,10-12,14H2,1-2H3,(H,28,30). The number of carbonyl (C=O) groups excluding carboxylic acids is 1. The van der Waals surface area contributed by atoms with Crippen molar-refractivity contribution in [1.82, 2.24) is 9.62 Å². The predicted octanol–water partition coefficient (Wildman–Crippen LogP) is 5.50. The van der Waals surface area contributed by atoms with Gasteiger partial charge in [-0.2, -0.15) is 4.31 Å². The van der Waals surface area contributed by atoms with E-state index in [2.05, 4.69) is 17.4 Å². The summed E-state index contributed by atoms with van der Waals surface area (Å²) >= 11 is 0. The predicted molar refractivity (Wildman–Crippen MR) is 132 cm³/mol. The Morgan fingerprint density at radius 1 is 1.03 bits per heavy atom. The summed E-state index contributed by atoms with van der Waals surface area (Å²) in [5.74, 6) is -0.0210. The van der Waals surface area contributed by atoms with Gasteiger partial charge in [0, 0.05) is 24.0 Å². The van der Waals surface area contributed by atoms with E-state index < -0.39 is 10.0 Å². The summed E-state index contributed by atoms with van der Waals surface area (Å²) in [5.41, 5.74) is 3.62.